The van der Waals surface area contributed by atoms with Gasteiger partial charge in [-0.1, -0.05) is 58.0 Å². The number of phenols is 1. The first-order valence-corrected chi connectivity index (χ1v) is 32.6. The molecule has 3 aromatic heterocycles. The molecular formula is C65H91FN18O16. The van der Waals surface area contributed by atoms with Crippen LogP contribution >= 0.6 is 0 Å². The van der Waals surface area contributed by atoms with Gasteiger partial charge in [0.2, 0.25) is 64.9 Å². The number of imidazole rings is 1. The highest BCUT2D eigenvalue weighted by Gasteiger charge is 2.40. The molecule has 2 aliphatic heterocycles. The molecule has 20 N–H and O–H groups in total. The number of likely N-dealkylation sites (N-methyl/N-ethyl adjacent to an activating group) is 1. The van der Waals surface area contributed by atoms with Gasteiger partial charge < -0.3 is 94.5 Å². The van der Waals surface area contributed by atoms with Crippen LogP contribution in [0.25, 0.3) is 10.9 Å². The van der Waals surface area contributed by atoms with E-state index in [-0.39, 0.29) is 106 Å². The molecule has 9 atom stereocenters. The van der Waals surface area contributed by atoms with Crippen LogP contribution in [0.4, 0.5) is 4.39 Å². The summed E-state index contributed by atoms with van der Waals surface area (Å²) in [6.07, 6.45) is 6.51. The average Bonchev–Trinajstić information content (AvgIpc) is 1.62. The molecule has 0 aliphatic carbocycles. The molecule has 100 heavy (non-hydrogen) atoms. The molecule has 0 radical (unpaired) electrons. The van der Waals surface area contributed by atoms with E-state index in [2.05, 4.69) is 67.8 Å². The van der Waals surface area contributed by atoms with Crippen molar-refractivity contribution in [2.24, 2.45) is 28.3 Å². The smallest absolute Gasteiger partial charge is 0.325 e. The Kier molecular flexibility index (Phi) is 31.4. The fourth-order valence-electron chi connectivity index (χ4n) is 10.9. The number of nitrogens with one attached hydrogen (secondary N) is 13. The standard InChI is InChI=1S/C59H84N16O12.C4H3FN2O2.C2H4O2/c1-6-63-57(86)48-14-10-22-75(48)58(87)41(13-9-21-64-59(60)61)68-51(80)42(23-32(2)3)69-52(81)43(24-33(4)5)70-53(82)44(25-34-15-17-37(77)18-16-34)71-56(85)47(30-76)74-54(83)45(26-35-28-65-39-12-8-7-11-38(35)39)72-55(84)46(27-36-29-62-31-66-36)73-50(79)40-19-20-49(78)67-40;5-2-1-6-4(9)7-3(2)8;1-2(3)4/h7-8,11-12,15-18,28-29,31-33,40-48,65,76-77H,6,9-10,13-14,19-27,30H2,1-5H3,(H,62,66)(H,63,86)(H,67,78)(H,68,80)(H,69,81)(H,70,82)(H,71,85)(H,72,84)(H,73,79)(H,74,83)(H4,60,61,64);1H,(H2,6,7,8,9);1H3,(H,3,4)/t40-,41-,42-,43+,44-,45-,46-,47-,48-;;/m0../s1. The van der Waals surface area contributed by atoms with E-state index < -0.39 is 131 Å². The zero-order chi connectivity index (χ0) is 73.8. The van der Waals surface area contributed by atoms with Gasteiger partial charge in [0, 0.05) is 87.4 Å². The van der Waals surface area contributed by atoms with Crippen molar-refractivity contribution in [3.05, 3.63) is 117 Å². The van der Waals surface area contributed by atoms with Crippen molar-refractivity contribution in [1.82, 2.24) is 77.7 Å². The average molecular weight is 1400 g/mol. The summed E-state index contributed by atoms with van der Waals surface area (Å²) in [5.74, 6) is -9.38. The van der Waals surface area contributed by atoms with Gasteiger partial charge in [-0.15, -0.1) is 0 Å². The lowest BCUT2D eigenvalue weighted by Crippen LogP contribution is -2.61. The second-order valence-electron chi connectivity index (χ2n) is 24.7. The van der Waals surface area contributed by atoms with Crippen molar-refractivity contribution in [3.8, 4) is 5.75 Å². The summed E-state index contributed by atoms with van der Waals surface area (Å²) in [5, 5.41) is 53.3. The summed E-state index contributed by atoms with van der Waals surface area (Å²) in [5.41, 5.74) is 11.6. The number of likely N-dealkylation sites (tertiary alicyclic amines) is 1. The van der Waals surface area contributed by atoms with E-state index >= 15 is 0 Å². The number of amides is 10. The van der Waals surface area contributed by atoms with E-state index in [1.165, 1.54) is 41.7 Å². The van der Waals surface area contributed by atoms with E-state index in [1.54, 1.807) is 50.2 Å². The molecule has 544 valence electrons. The molecule has 2 aromatic carbocycles. The lowest BCUT2D eigenvalue weighted by atomic mass is 9.98. The lowest BCUT2D eigenvalue weighted by molar-refractivity contribution is -0.142. The number of benzene rings is 2. The van der Waals surface area contributed by atoms with Crippen LogP contribution in [-0.2, 0) is 72.0 Å². The molecule has 0 unspecified atom stereocenters. The highest BCUT2D eigenvalue weighted by Crippen LogP contribution is 2.22. The number of halogens is 1. The number of para-hydroxylation sites is 1. The van der Waals surface area contributed by atoms with Crippen LogP contribution in [0.3, 0.4) is 0 Å². The number of rotatable bonds is 32. The summed E-state index contributed by atoms with van der Waals surface area (Å²) in [6, 6.07) is 1.58. The van der Waals surface area contributed by atoms with Gasteiger partial charge in [-0.05, 0) is 93.0 Å². The zero-order valence-corrected chi connectivity index (χ0v) is 56.4. The molecule has 0 bridgehead atoms. The van der Waals surface area contributed by atoms with Crippen molar-refractivity contribution in [3.63, 3.8) is 0 Å². The first-order valence-electron chi connectivity index (χ1n) is 32.6. The number of aromatic hydroxyl groups is 1. The molecule has 2 saturated heterocycles. The Morgan fingerprint density at radius 1 is 0.700 bits per heavy atom. The fourth-order valence-corrected chi connectivity index (χ4v) is 10.9. The Bertz CT molecular complexity index is 3760. The maximum Gasteiger partial charge on any atom is 0.325 e. The number of carboxylic acids is 1. The van der Waals surface area contributed by atoms with Crippen molar-refractivity contribution in [2.45, 2.75) is 167 Å². The third-order valence-electron chi connectivity index (χ3n) is 15.7. The van der Waals surface area contributed by atoms with E-state index in [9.17, 15) is 72.1 Å². The first-order chi connectivity index (χ1) is 47.5. The number of nitrogens with zero attached hydrogens (tertiary/aromatic N) is 3. The maximum absolute atomic E-state index is 14.7. The number of carbonyl (C=O) groups is 11. The minimum absolute atomic E-state index is 0.0397. The number of aliphatic carboxylic acids is 1. The molecule has 5 heterocycles. The Labute approximate surface area is 573 Å². The number of hydrogen-bond donors (Lipinski definition) is 18. The van der Waals surface area contributed by atoms with Gasteiger partial charge in [-0.2, -0.15) is 4.39 Å². The Morgan fingerprint density at radius 2 is 1.26 bits per heavy atom. The van der Waals surface area contributed by atoms with Gasteiger partial charge in [0.15, 0.2) is 5.96 Å². The van der Waals surface area contributed by atoms with Gasteiger partial charge in [-0.3, -0.25) is 67.5 Å². The molecule has 0 saturated carbocycles. The number of aromatic nitrogens is 5. The third-order valence-corrected chi connectivity index (χ3v) is 15.7. The van der Waals surface area contributed by atoms with Crippen LogP contribution in [-0.4, -0.2) is 197 Å². The van der Waals surface area contributed by atoms with Crippen LogP contribution in [0, 0.1) is 17.7 Å². The number of fused-ring (bicyclic) bond motifs is 1. The maximum atomic E-state index is 14.7. The second-order valence-corrected chi connectivity index (χ2v) is 24.7. The van der Waals surface area contributed by atoms with Gasteiger partial charge in [0.25, 0.3) is 11.5 Å². The minimum Gasteiger partial charge on any atom is -0.508 e. The van der Waals surface area contributed by atoms with E-state index in [1.807, 2.05) is 24.9 Å². The van der Waals surface area contributed by atoms with Gasteiger partial charge in [0.1, 0.15) is 60.1 Å². The summed E-state index contributed by atoms with van der Waals surface area (Å²) < 4.78 is 12.0. The molecule has 7 rings (SSSR count). The van der Waals surface area contributed by atoms with Gasteiger partial charge >= 0.3 is 5.69 Å². The van der Waals surface area contributed by atoms with Crippen LogP contribution in [0.2, 0.25) is 0 Å². The second kappa shape index (κ2) is 39.4. The van der Waals surface area contributed by atoms with Gasteiger partial charge in [-0.25, -0.2) is 9.78 Å². The number of carbonyl (C=O) groups excluding carboxylic acids is 10. The number of aliphatic hydroxyl groups is 1. The summed E-state index contributed by atoms with van der Waals surface area (Å²) in [4.78, 5) is 188. The molecule has 35 heteroatoms. The van der Waals surface area contributed by atoms with E-state index in [4.69, 9.17) is 21.4 Å². The lowest BCUT2D eigenvalue weighted by Gasteiger charge is -2.31. The van der Waals surface area contributed by atoms with Crippen molar-refractivity contribution in [1.29, 1.82) is 0 Å². The first kappa shape index (κ1) is 79.7. The Balaban J connectivity index is 0.00000125. The van der Waals surface area contributed by atoms with Crippen LogP contribution in [0.5, 0.6) is 5.75 Å². The predicted octanol–water partition coefficient (Wildman–Crippen LogP) is -2.14. The predicted molar refractivity (Wildman–Crippen MR) is 361 cm³/mol. The number of phenolic OH excluding ortho intramolecular Hbond substituents is 1. The Hall–Kier alpha value is -11.0. The highest BCUT2D eigenvalue weighted by molar-refractivity contribution is 5.99. The van der Waals surface area contributed by atoms with Crippen LogP contribution in [0.15, 0.2) is 88.0 Å². The number of H-pyrrole nitrogens is 4. The topological polar surface area (TPSA) is 535 Å². The SMILES string of the molecule is CC(=O)O.CCNC(=O)[C@@H]1CCCN1C(=O)[C@H](CCCN=C(N)N)NC(=O)[C@H](CC(C)C)NC(=O)[C@@H](CC(C)C)NC(=O)[C@H](Cc1ccc(O)cc1)NC(=O)[C@H](CO)NC(=O)[C@H](Cc1c[nH]c2ccccc12)NC(=O)[C@H](Cc1cnc[nH]1)NC(=O)[C@@H]1CCC(=O)N1.O=c1[nH]cc(F)c(=O)[nH]1. The number of hydrogen-bond acceptors (Lipinski definition) is 17. The third kappa shape index (κ3) is 25.8. The molecule has 10 amide bonds. The molecule has 34 nitrogen and oxygen atoms in total. The quantitative estimate of drug-likeness (QED) is 0.0124. The molecule has 0 spiro atoms. The van der Waals surface area contributed by atoms with Crippen molar-refractivity contribution >= 4 is 81.9 Å². The van der Waals surface area contributed by atoms with Crippen molar-refractivity contribution < 1.29 is 72.4 Å². The molecule has 2 aliphatic rings. The number of guanidine groups is 1. The number of carboxylic acid groups (broad SMARTS) is 1. The molecule has 5 aromatic rings. The van der Waals surface area contributed by atoms with Crippen molar-refractivity contribution in [2.75, 3.05) is 26.2 Å². The summed E-state index contributed by atoms with van der Waals surface area (Å²) in [6.45, 7) is 9.91. The van der Waals surface area contributed by atoms with Gasteiger partial charge in [0.05, 0.1) is 12.9 Å². The number of aromatic amines is 4. The zero-order valence-electron chi connectivity index (χ0n) is 56.4. The summed E-state index contributed by atoms with van der Waals surface area (Å²) >= 11 is 0. The molecule has 2 fully saturated rings. The monoisotopic (exact) mass is 1400 g/mol. The van der Waals surface area contributed by atoms with E-state index in [0.717, 1.165) is 12.4 Å². The number of nitrogens with two attached hydrogens (primary N) is 2. The molecular weight excluding hydrogens is 1310 g/mol. The fraction of sp³-hybridized carbons (Fsp3) is 0.492. The van der Waals surface area contributed by atoms with Crippen LogP contribution < -0.4 is 70.6 Å². The summed E-state index contributed by atoms with van der Waals surface area (Å²) in [7, 11) is 0. The van der Waals surface area contributed by atoms with E-state index in [0.29, 0.717) is 47.8 Å². The normalized spacial score (nSPS) is 16.0. The highest BCUT2D eigenvalue weighted by atomic mass is 19.1. The Morgan fingerprint density at radius 3 is 1.80 bits per heavy atom. The largest absolute Gasteiger partial charge is 0.508 e. The van der Waals surface area contributed by atoms with Crippen LogP contribution in [0.1, 0.15) is 110 Å². The minimum atomic E-state index is -1.75. The number of aliphatic hydroxyl groups excluding tert-OH is 1. The number of aliphatic imine (C=N–C) groups is 1.